The molecule has 0 amide bonds. The van der Waals surface area contributed by atoms with Crippen molar-refractivity contribution >= 4 is 12.0 Å². The smallest absolute Gasteiger partial charge is 0.270 e. The molecule has 6 nitrogen and oxygen atoms in total. The average molecular weight is 251 g/mol. The molecular weight excluding hydrogens is 238 g/mol. The van der Waals surface area contributed by atoms with Gasteiger partial charge in [-0.05, 0) is 24.8 Å². The SMILES string of the molecule is O=Cc1cc([N+](=O)[O-])ccc1OCOCC1CC1. The molecule has 1 aromatic rings. The van der Waals surface area contributed by atoms with Crippen LogP contribution >= 0.6 is 0 Å². The van der Waals surface area contributed by atoms with Gasteiger partial charge in [0.25, 0.3) is 5.69 Å². The number of benzene rings is 1. The second-order valence-electron chi connectivity index (χ2n) is 4.17. The Hall–Kier alpha value is -1.95. The molecule has 0 bridgehead atoms. The third-order valence-corrected chi connectivity index (χ3v) is 2.68. The van der Waals surface area contributed by atoms with Crippen LogP contribution in [0.4, 0.5) is 5.69 Å². The van der Waals surface area contributed by atoms with E-state index in [2.05, 4.69) is 0 Å². The minimum Gasteiger partial charge on any atom is -0.467 e. The summed E-state index contributed by atoms with van der Waals surface area (Å²) in [6.45, 7) is 0.707. The molecule has 0 aromatic heterocycles. The molecule has 0 unspecified atom stereocenters. The molecule has 1 aromatic carbocycles. The Morgan fingerprint density at radius 3 is 2.83 bits per heavy atom. The summed E-state index contributed by atoms with van der Waals surface area (Å²) in [5, 5.41) is 10.5. The van der Waals surface area contributed by atoms with Gasteiger partial charge in [0.15, 0.2) is 13.1 Å². The number of nitro benzene ring substituents is 1. The monoisotopic (exact) mass is 251 g/mol. The quantitative estimate of drug-likeness (QED) is 0.244. The number of carbonyl (C=O) groups excluding carboxylic acids is 1. The number of rotatable bonds is 7. The molecule has 1 aliphatic carbocycles. The van der Waals surface area contributed by atoms with Crippen molar-refractivity contribution in [3.63, 3.8) is 0 Å². The first kappa shape index (κ1) is 12.5. The molecule has 0 aliphatic heterocycles. The molecule has 18 heavy (non-hydrogen) atoms. The topological polar surface area (TPSA) is 78.7 Å². The maximum Gasteiger partial charge on any atom is 0.270 e. The Labute approximate surface area is 104 Å². The summed E-state index contributed by atoms with van der Waals surface area (Å²) in [5.41, 5.74) is 0.0163. The highest BCUT2D eigenvalue weighted by Crippen LogP contribution is 2.29. The van der Waals surface area contributed by atoms with Crippen LogP contribution in [0, 0.1) is 16.0 Å². The van der Waals surface area contributed by atoms with Gasteiger partial charge in [0.2, 0.25) is 0 Å². The number of ether oxygens (including phenoxy) is 2. The van der Waals surface area contributed by atoms with E-state index in [1.54, 1.807) is 0 Å². The lowest BCUT2D eigenvalue weighted by Gasteiger charge is -2.08. The van der Waals surface area contributed by atoms with Crippen molar-refractivity contribution < 1.29 is 19.2 Å². The van der Waals surface area contributed by atoms with Crippen LogP contribution in [0.25, 0.3) is 0 Å². The molecule has 0 atom stereocenters. The van der Waals surface area contributed by atoms with Crippen molar-refractivity contribution in [2.75, 3.05) is 13.4 Å². The lowest BCUT2D eigenvalue weighted by molar-refractivity contribution is -0.384. The fraction of sp³-hybridized carbons (Fsp3) is 0.417. The van der Waals surface area contributed by atoms with Crippen molar-refractivity contribution in [3.05, 3.63) is 33.9 Å². The summed E-state index contributed by atoms with van der Waals surface area (Å²) >= 11 is 0. The molecule has 0 radical (unpaired) electrons. The van der Waals surface area contributed by atoms with Crippen molar-refractivity contribution in [1.82, 2.24) is 0 Å². The molecule has 0 heterocycles. The number of hydrogen-bond acceptors (Lipinski definition) is 5. The molecule has 1 saturated carbocycles. The molecular formula is C12H13NO5. The van der Waals surface area contributed by atoms with E-state index in [-0.39, 0.29) is 18.0 Å². The van der Waals surface area contributed by atoms with Gasteiger partial charge in [0.05, 0.1) is 17.1 Å². The molecule has 2 rings (SSSR count). The average Bonchev–Trinajstić information content (AvgIpc) is 3.18. The molecule has 0 saturated heterocycles. The third kappa shape index (κ3) is 3.27. The zero-order valence-corrected chi connectivity index (χ0v) is 9.70. The normalized spacial score (nSPS) is 14.2. The van der Waals surface area contributed by atoms with Gasteiger partial charge in [-0.15, -0.1) is 0 Å². The number of nitro groups is 1. The summed E-state index contributed by atoms with van der Waals surface area (Å²) in [6, 6.07) is 3.88. The first-order valence-electron chi connectivity index (χ1n) is 5.65. The summed E-state index contributed by atoms with van der Waals surface area (Å²) in [6.07, 6.45) is 2.91. The van der Waals surface area contributed by atoms with E-state index >= 15 is 0 Å². The highest BCUT2D eigenvalue weighted by molar-refractivity contribution is 5.80. The fourth-order valence-electron chi connectivity index (χ4n) is 1.48. The highest BCUT2D eigenvalue weighted by Gasteiger charge is 2.21. The number of hydrogen-bond donors (Lipinski definition) is 0. The van der Waals surface area contributed by atoms with Crippen LogP contribution in [-0.2, 0) is 4.74 Å². The molecule has 0 spiro atoms. The predicted octanol–water partition coefficient (Wildman–Crippen LogP) is 2.17. The number of non-ortho nitro benzene ring substituents is 1. The fourth-order valence-corrected chi connectivity index (χ4v) is 1.48. The standard InChI is InChI=1S/C12H13NO5/c14-6-10-5-11(13(15)16)3-4-12(10)18-8-17-7-9-1-2-9/h3-6,9H,1-2,7-8H2. The summed E-state index contributed by atoms with van der Waals surface area (Å²) in [5.74, 6) is 0.933. The van der Waals surface area contributed by atoms with Crippen molar-refractivity contribution in [2.45, 2.75) is 12.8 Å². The minimum atomic E-state index is -0.555. The van der Waals surface area contributed by atoms with Gasteiger partial charge < -0.3 is 9.47 Å². The first-order valence-corrected chi connectivity index (χ1v) is 5.65. The van der Waals surface area contributed by atoms with E-state index < -0.39 is 4.92 Å². The largest absolute Gasteiger partial charge is 0.467 e. The Bertz CT molecular complexity index is 456. The summed E-state index contributed by atoms with van der Waals surface area (Å²) < 4.78 is 10.5. The van der Waals surface area contributed by atoms with Crippen LogP contribution in [0.15, 0.2) is 18.2 Å². The zero-order chi connectivity index (χ0) is 13.0. The molecule has 0 N–H and O–H groups in total. The molecule has 96 valence electrons. The molecule has 1 aliphatic rings. The van der Waals surface area contributed by atoms with Gasteiger partial charge in [-0.1, -0.05) is 0 Å². The highest BCUT2D eigenvalue weighted by atomic mass is 16.7. The van der Waals surface area contributed by atoms with Crippen molar-refractivity contribution in [1.29, 1.82) is 0 Å². The lowest BCUT2D eigenvalue weighted by atomic mass is 10.2. The van der Waals surface area contributed by atoms with Crippen LogP contribution in [0.5, 0.6) is 5.75 Å². The van der Waals surface area contributed by atoms with E-state index in [0.717, 1.165) is 0 Å². The predicted molar refractivity (Wildman–Crippen MR) is 62.7 cm³/mol. The van der Waals surface area contributed by atoms with Gasteiger partial charge in [-0.2, -0.15) is 0 Å². The second-order valence-corrected chi connectivity index (χ2v) is 4.17. The maximum absolute atomic E-state index is 10.8. The van der Waals surface area contributed by atoms with Crippen LogP contribution in [0.1, 0.15) is 23.2 Å². The van der Waals surface area contributed by atoms with E-state index in [4.69, 9.17) is 9.47 Å². The Balaban J connectivity index is 1.93. The van der Waals surface area contributed by atoms with Crippen LogP contribution in [0.3, 0.4) is 0 Å². The number of carbonyl (C=O) groups is 1. The van der Waals surface area contributed by atoms with Crippen LogP contribution in [0.2, 0.25) is 0 Å². The second kappa shape index (κ2) is 5.59. The zero-order valence-electron chi connectivity index (χ0n) is 9.70. The minimum absolute atomic E-state index is 0.0507. The molecule has 1 fully saturated rings. The van der Waals surface area contributed by atoms with Gasteiger partial charge in [-0.25, -0.2) is 0 Å². The lowest BCUT2D eigenvalue weighted by Crippen LogP contribution is -2.06. The van der Waals surface area contributed by atoms with Gasteiger partial charge in [0.1, 0.15) is 5.75 Å². The van der Waals surface area contributed by atoms with E-state index in [1.165, 1.54) is 31.0 Å². The van der Waals surface area contributed by atoms with Crippen LogP contribution in [-0.4, -0.2) is 24.6 Å². The van der Waals surface area contributed by atoms with Gasteiger partial charge in [0, 0.05) is 12.1 Å². The summed E-state index contributed by atoms with van der Waals surface area (Å²) in [4.78, 5) is 20.8. The Morgan fingerprint density at radius 2 is 2.22 bits per heavy atom. The van der Waals surface area contributed by atoms with Gasteiger partial charge >= 0.3 is 0 Å². The Morgan fingerprint density at radius 1 is 1.44 bits per heavy atom. The number of aldehydes is 1. The first-order chi connectivity index (χ1) is 8.70. The van der Waals surface area contributed by atoms with Gasteiger partial charge in [-0.3, -0.25) is 14.9 Å². The van der Waals surface area contributed by atoms with Crippen molar-refractivity contribution in [2.24, 2.45) is 5.92 Å². The van der Waals surface area contributed by atoms with Crippen molar-refractivity contribution in [3.8, 4) is 5.75 Å². The van der Waals surface area contributed by atoms with Crippen LogP contribution < -0.4 is 4.74 Å². The Kier molecular flexibility index (Phi) is 3.88. The van der Waals surface area contributed by atoms with E-state index in [9.17, 15) is 14.9 Å². The number of nitrogens with zero attached hydrogens (tertiary/aromatic N) is 1. The van der Waals surface area contributed by atoms with E-state index in [0.29, 0.717) is 24.6 Å². The summed E-state index contributed by atoms with van der Waals surface area (Å²) in [7, 11) is 0. The van der Waals surface area contributed by atoms with E-state index in [1.807, 2.05) is 0 Å². The maximum atomic E-state index is 10.8. The third-order valence-electron chi connectivity index (χ3n) is 2.68. The molecule has 6 heteroatoms.